The Bertz CT molecular complexity index is 501. The lowest BCUT2D eigenvalue weighted by Crippen LogP contribution is -2.41. The van der Waals surface area contributed by atoms with E-state index in [0.717, 1.165) is 25.1 Å². The zero-order valence-corrected chi connectivity index (χ0v) is 14.1. The number of carbonyl (C=O) groups is 1. The molecule has 0 unspecified atom stereocenters. The van der Waals surface area contributed by atoms with Gasteiger partial charge in [0.05, 0.1) is 5.69 Å². The molecule has 0 aliphatic carbocycles. The summed E-state index contributed by atoms with van der Waals surface area (Å²) in [6, 6.07) is 3.92. The Morgan fingerprint density at radius 2 is 2.23 bits per heavy atom. The summed E-state index contributed by atoms with van der Waals surface area (Å²) in [6.07, 6.45) is 1.80. The number of nitrogens with one attached hydrogen (secondary N) is 1. The molecule has 2 rings (SSSR count). The van der Waals surface area contributed by atoms with Crippen molar-refractivity contribution in [3.05, 3.63) is 23.0 Å². The van der Waals surface area contributed by atoms with Crippen LogP contribution < -0.4 is 5.32 Å². The molecule has 1 aliphatic rings. The number of nitrogens with zero attached hydrogens (tertiary/aromatic N) is 3. The standard InChI is InChI=1S/C15H23ClN4O2/c1-15(2,3)22-14(21)17-9-12-5-4-8-20(12)10-11-6-7-13(16)19-18-11/h6-7,12H,4-5,8-10H2,1-3H3,(H,17,21)/t12-/m0/s1. The first kappa shape index (κ1) is 17.0. The van der Waals surface area contributed by atoms with Gasteiger partial charge in [-0.25, -0.2) is 4.79 Å². The number of hydrogen-bond donors (Lipinski definition) is 1. The third kappa shape index (κ3) is 5.42. The molecule has 122 valence electrons. The maximum absolute atomic E-state index is 11.7. The van der Waals surface area contributed by atoms with Gasteiger partial charge in [-0.1, -0.05) is 11.6 Å². The van der Waals surface area contributed by atoms with Crippen LogP contribution in [0.3, 0.4) is 0 Å². The number of rotatable bonds is 4. The lowest BCUT2D eigenvalue weighted by Gasteiger charge is -2.25. The Balaban J connectivity index is 1.83. The molecular weight excluding hydrogens is 304 g/mol. The van der Waals surface area contributed by atoms with E-state index < -0.39 is 5.60 Å². The largest absolute Gasteiger partial charge is 0.444 e. The average Bonchev–Trinajstić information content (AvgIpc) is 2.84. The Labute approximate surface area is 136 Å². The van der Waals surface area contributed by atoms with E-state index >= 15 is 0 Å². The molecule has 1 atom stereocenters. The summed E-state index contributed by atoms with van der Waals surface area (Å²) in [5, 5.41) is 11.2. The minimum absolute atomic E-state index is 0.296. The lowest BCUT2D eigenvalue weighted by molar-refractivity contribution is 0.0512. The molecular formula is C15H23ClN4O2. The van der Waals surface area contributed by atoms with Gasteiger partial charge in [0.25, 0.3) is 0 Å². The van der Waals surface area contributed by atoms with Crippen molar-refractivity contribution in [2.75, 3.05) is 13.1 Å². The topological polar surface area (TPSA) is 67.3 Å². The van der Waals surface area contributed by atoms with E-state index in [4.69, 9.17) is 16.3 Å². The number of aromatic nitrogens is 2. The SMILES string of the molecule is CC(C)(C)OC(=O)NC[C@@H]1CCCN1Cc1ccc(Cl)nn1. The zero-order valence-electron chi connectivity index (χ0n) is 13.3. The second-order valence-electron chi connectivity index (χ2n) is 6.50. The molecule has 1 fully saturated rings. The van der Waals surface area contributed by atoms with E-state index in [1.54, 1.807) is 6.07 Å². The van der Waals surface area contributed by atoms with E-state index in [0.29, 0.717) is 24.3 Å². The minimum Gasteiger partial charge on any atom is -0.444 e. The summed E-state index contributed by atoms with van der Waals surface area (Å²) in [5.41, 5.74) is 0.409. The Morgan fingerprint density at radius 1 is 1.45 bits per heavy atom. The number of ether oxygens (including phenoxy) is 1. The van der Waals surface area contributed by atoms with Gasteiger partial charge in [0.15, 0.2) is 5.15 Å². The Kier molecular flexibility index (Phi) is 5.58. The molecule has 1 aliphatic heterocycles. The third-order valence-corrected chi connectivity index (χ3v) is 3.63. The van der Waals surface area contributed by atoms with Crippen molar-refractivity contribution in [3.8, 4) is 0 Å². The van der Waals surface area contributed by atoms with Crippen molar-refractivity contribution in [2.24, 2.45) is 0 Å². The van der Waals surface area contributed by atoms with Gasteiger partial charge in [-0.15, -0.1) is 5.10 Å². The van der Waals surface area contributed by atoms with Crippen molar-refractivity contribution in [1.82, 2.24) is 20.4 Å². The number of amides is 1. The number of hydrogen-bond acceptors (Lipinski definition) is 5. The predicted molar refractivity (Wildman–Crippen MR) is 84.7 cm³/mol. The molecule has 0 spiro atoms. The number of alkyl carbamates (subject to hydrolysis) is 1. The maximum atomic E-state index is 11.7. The van der Waals surface area contributed by atoms with Crippen molar-refractivity contribution in [2.45, 2.75) is 51.8 Å². The minimum atomic E-state index is -0.474. The first-order valence-electron chi connectivity index (χ1n) is 7.52. The van der Waals surface area contributed by atoms with Crippen molar-refractivity contribution < 1.29 is 9.53 Å². The van der Waals surface area contributed by atoms with Crippen molar-refractivity contribution in [1.29, 1.82) is 0 Å². The zero-order chi connectivity index (χ0) is 16.2. The monoisotopic (exact) mass is 326 g/mol. The number of carbonyl (C=O) groups excluding carboxylic acids is 1. The average molecular weight is 327 g/mol. The van der Waals surface area contributed by atoms with Crippen LogP contribution in [0.1, 0.15) is 39.3 Å². The van der Waals surface area contributed by atoms with Crippen LogP contribution in [0.2, 0.25) is 5.15 Å². The summed E-state index contributed by atoms with van der Waals surface area (Å²) in [5.74, 6) is 0. The van der Waals surface area contributed by atoms with Crippen LogP contribution in [-0.2, 0) is 11.3 Å². The molecule has 7 heteroatoms. The van der Waals surface area contributed by atoms with Crippen LogP contribution in [0, 0.1) is 0 Å². The predicted octanol–water partition coefficient (Wildman–Crippen LogP) is 2.62. The second kappa shape index (κ2) is 7.24. The lowest BCUT2D eigenvalue weighted by atomic mass is 10.2. The Hall–Kier alpha value is -1.40. The number of halogens is 1. The van der Waals surface area contributed by atoms with Gasteiger partial charge >= 0.3 is 6.09 Å². The van der Waals surface area contributed by atoms with Crippen LogP contribution in [0.15, 0.2) is 12.1 Å². The molecule has 1 N–H and O–H groups in total. The van der Waals surface area contributed by atoms with E-state index in [-0.39, 0.29) is 6.09 Å². The molecule has 1 saturated heterocycles. The fourth-order valence-corrected chi connectivity index (χ4v) is 2.59. The molecule has 1 aromatic heterocycles. The van der Waals surface area contributed by atoms with Crippen LogP contribution in [0.4, 0.5) is 4.79 Å². The summed E-state index contributed by atoms with van der Waals surface area (Å²) in [6.45, 7) is 7.85. The van der Waals surface area contributed by atoms with Gasteiger partial charge in [0.1, 0.15) is 5.60 Å². The molecule has 22 heavy (non-hydrogen) atoms. The number of likely N-dealkylation sites (tertiary alicyclic amines) is 1. The first-order chi connectivity index (χ1) is 10.3. The fourth-order valence-electron chi connectivity index (χ4n) is 2.49. The summed E-state index contributed by atoms with van der Waals surface area (Å²) >= 11 is 5.75. The molecule has 2 heterocycles. The fraction of sp³-hybridized carbons (Fsp3) is 0.667. The van der Waals surface area contributed by atoms with Gasteiger partial charge in [-0.2, -0.15) is 5.10 Å². The van der Waals surface area contributed by atoms with Crippen molar-refractivity contribution >= 4 is 17.7 Å². The first-order valence-corrected chi connectivity index (χ1v) is 7.90. The molecule has 1 aromatic rings. The van der Waals surface area contributed by atoms with Gasteiger partial charge < -0.3 is 10.1 Å². The highest BCUT2D eigenvalue weighted by Gasteiger charge is 2.26. The van der Waals surface area contributed by atoms with Crippen LogP contribution in [0.5, 0.6) is 0 Å². The highest BCUT2D eigenvalue weighted by atomic mass is 35.5. The summed E-state index contributed by atoms with van der Waals surface area (Å²) < 4.78 is 5.26. The van der Waals surface area contributed by atoms with Crippen LogP contribution >= 0.6 is 11.6 Å². The quantitative estimate of drug-likeness (QED) is 0.921. The second-order valence-corrected chi connectivity index (χ2v) is 6.88. The van der Waals surface area contributed by atoms with Crippen LogP contribution in [0.25, 0.3) is 0 Å². The molecule has 0 aromatic carbocycles. The van der Waals surface area contributed by atoms with Gasteiger partial charge in [-0.3, -0.25) is 4.90 Å². The van der Waals surface area contributed by atoms with E-state index in [1.807, 2.05) is 26.8 Å². The van der Waals surface area contributed by atoms with E-state index in [2.05, 4.69) is 20.4 Å². The van der Waals surface area contributed by atoms with Crippen molar-refractivity contribution in [3.63, 3.8) is 0 Å². The maximum Gasteiger partial charge on any atom is 0.407 e. The highest BCUT2D eigenvalue weighted by Crippen LogP contribution is 2.19. The van der Waals surface area contributed by atoms with Gasteiger partial charge in [-0.05, 0) is 52.3 Å². The smallest absolute Gasteiger partial charge is 0.407 e. The Morgan fingerprint density at radius 3 is 2.86 bits per heavy atom. The van der Waals surface area contributed by atoms with Gasteiger partial charge in [0, 0.05) is 19.1 Å². The van der Waals surface area contributed by atoms with E-state index in [9.17, 15) is 4.79 Å². The third-order valence-electron chi connectivity index (χ3n) is 3.43. The van der Waals surface area contributed by atoms with Gasteiger partial charge in [0.2, 0.25) is 0 Å². The molecule has 1 amide bonds. The molecule has 0 bridgehead atoms. The molecule has 6 nitrogen and oxygen atoms in total. The highest BCUT2D eigenvalue weighted by molar-refractivity contribution is 6.29. The van der Waals surface area contributed by atoms with Crippen LogP contribution in [-0.4, -0.2) is 45.9 Å². The summed E-state index contributed by atoms with van der Waals surface area (Å²) in [4.78, 5) is 14.0. The summed E-state index contributed by atoms with van der Waals surface area (Å²) in [7, 11) is 0. The normalized spacial score (nSPS) is 19.2. The molecule has 0 radical (unpaired) electrons. The van der Waals surface area contributed by atoms with E-state index in [1.165, 1.54) is 0 Å². The molecule has 0 saturated carbocycles.